The Kier molecular flexibility index (Phi) is 4.20. The average Bonchev–Trinajstić information content (AvgIpc) is 2.62. The molecule has 1 saturated carbocycles. The Morgan fingerprint density at radius 3 is 2.46 bits per heavy atom. The van der Waals surface area contributed by atoms with Gasteiger partial charge in [0, 0.05) is 30.3 Å². The number of carbonyl (C=O) groups is 2. The molecule has 1 aliphatic rings. The summed E-state index contributed by atoms with van der Waals surface area (Å²) in [5.41, 5.74) is -0.622. The number of nitrogens with zero attached hydrogens (tertiary/aromatic N) is 2. The summed E-state index contributed by atoms with van der Waals surface area (Å²) in [6, 6.07) is 10.6. The second kappa shape index (κ2) is 6.31. The van der Waals surface area contributed by atoms with Crippen molar-refractivity contribution in [2.24, 2.45) is 0 Å². The normalized spacial score (nSPS) is 20.6. The van der Waals surface area contributed by atoms with Crippen LogP contribution in [0.3, 0.4) is 0 Å². The van der Waals surface area contributed by atoms with Crippen LogP contribution in [-0.2, 0) is 10.2 Å². The van der Waals surface area contributed by atoms with Gasteiger partial charge in [0.05, 0.1) is 10.6 Å². The minimum absolute atomic E-state index is 0.0894. The summed E-state index contributed by atoms with van der Waals surface area (Å²) >= 11 is 0. The number of non-ortho nitro benzene ring substituents is 1. The van der Waals surface area contributed by atoms with Crippen molar-refractivity contribution in [3.8, 4) is 0 Å². The largest absolute Gasteiger partial charge is 0.298 e. The number of hydrogen-bond donors (Lipinski definition) is 0. The number of Topliss-reactive ketones (excluding diaryl/α,β-unsaturated/α-hetero) is 2. The summed E-state index contributed by atoms with van der Waals surface area (Å²) in [7, 11) is 0. The lowest BCUT2D eigenvalue weighted by atomic mass is 9.66. The Labute approximate surface area is 138 Å². The summed E-state index contributed by atoms with van der Waals surface area (Å²) in [4.78, 5) is 40.4. The maximum atomic E-state index is 13.2. The van der Waals surface area contributed by atoms with Crippen LogP contribution in [0.1, 0.15) is 41.7 Å². The first kappa shape index (κ1) is 16.0. The third-order valence-electron chi connectivity index (χ3n) is 4.51. The van der Waals surface area contributed by atoms with Crippen LogP contribution in [0, 0.1) is 10.1 Å². The molecule has 1 atom stereocenters. The van der Waals surface area contributed by atoms with Gasteiger partial charge in [-0.3, -0.25) is 24.7 Å². The second-order valence-electron chi connectivity index (χ2n) is 5.88. The Morgan fingerprint density at radius 2 is 1.88 bits per heavy atom. The number of hydrogen-bond acceptors (Lipinski definition) is 5. The number of nitro benzene ring substituents is 1. The van der Waals surface area contributed by atoms with Crippen molar-refractivity contribution in [3.05, 3.63) is 70.0 Å². The monoisotopic (exact) mass is 324 g/mol. The van der Waals surface area contributed by atoms with Gasteiger partial charge in [-0.15, -0.1) is 0 Å². The summed E-state index contributed by atoms with van der Waals surface area (Å²) in [6.45, 7) is 0. The predicted octanol–water partition coefficient (Wildman–Crippen LogP) is 3.25. The van der Waals surface area contributed by atoms with Gasteiger partial charge in [-0.05, 0) is 37.1 Å². The molecule has 0 N–H and O–H groups in total. The first-order valence-corrected chi connectivity index (χ1v) is 7.80. The Hall–Kier alpha value is -2.89. The molecule has 1 fully saturated rings. The number of benzene rings is 1. The smallest absolute Gasteiger partial charge is 0.269 e. The molecule has 1 aromatic heterocycles. The molecule has 0 unspecified atom stereocenters. The number of ketones is 2. The topological polar surface area (TPSA) is 90.2 Å². The van der Waals surface area contributed by atoms with Crippen LogP contribution in [0.2, 0.25) is 0 Å². The molecular weight excluding hydrogens is 308 g/mol. The maximum absolute atomic E-state index is 13.2. The van der Waals surface area contributed by atoms with Crippen molar-refractivity contribution in [2.45, 2.75) is 31.1 Å². The third kappa shape index (κ3) is 2.60. The summed E-state index contributed by atoms with van der Waals surface area (Å²) in [6.07, 6.45) is 3.86. The molecule has 3 rings (SSSR count). The molecule has 0 radical (unpaired) electrons. The predicted molar refractivity (Wildman–Crippen MR) is 86.8 cm³/mol. The number of pyridine rings is 1. The molecule has 6 nitrogen and oxygen atoms in total. The van der Waals surface area contributed by atoms with E-state index >= 15 is 0 Å². The quantitative estimate of drug-likeness (QED) is 0.373. The van der Waals surface area contributed by atoms with Crippen molar-refractivity contribution in [3.63, 3.8) is 0 Å². The lowest BCUT2D eigenvalue weighted by Gasteiger charge is -2.33. The van der Waals surface area contributed by atoms with E-state index in [1.54, 1.807) is 24.4 Å². The first-order chi connectivity index (χ1) is 11.6. The van der Waals surface area contributed by atoms with Gasteiger partial charge in [0.15, 0.2) is 11.6 Å². The van der Waals surface area contributed by atoms with E-state index in [9.17, 15) is 19.7 Å². The van der Waals surface area contributed by atoms with E-state index in [1.165, 1.54) is 24.3 Å². The highest BCUT2D eigenvalue weighted by atomic mass is 16.6. The van der Waals surface area contributed by atoms with Gasteiger partial charge in [0.2, 0.25) is 0 Å². The van der Waals surface area contributed by atoms with Crippen LogP contribution in [-0.4, -0.2) is 21.5 Å². The molecule has 1 aliphatic carbocycles. The molecule has 0 amide bonds. The Balaban J connectivity index is 2.07. The fourth-order valence-electron chi connectivity index (χ4n) is 3.25. The van der Waals surface area contributed by atoms with Gasteiger partial charge < -0.3 is 0 Å². The van der Waals surface area contributed by atoms with E-state index in [0.717, 1.165) is 12.8 Å². The van der Waals surface area contributed by atoms with E-state index in [2.05, 4.69) is 4.98 Å². The van der Waals surface area contributed by atoms with E-state index in [0.29, 0.717) is 24.1 Å². The van der Waals surface area contributed by atoms with Gasteiger partial charge in [0.25, 0.3) is 5.69 Å². The van der Waals surface area contributed by atoms with Crippen LogP contribution in [0.4, 0.5) is 5.69 Å². The lowest BCUT2D eigenvalue weighted by Crippen LogP contribution is -2.46. The van der Waals surface area contributed by atoms with Gasteiger partial charge in [-0.25, -0.2) is 0 Å². The maximum Gasteiger partial charge on any atom is 0.269 e. The van der Waals surface area contributed by atoms with Gasteiger partial charge >= 0.3 is 0 Å². The molecule has 0 aliphatic heterocycles. The van der Waals surface area contributed by atoms with Gasteiger partial charge in [-0.2, -0.15) is 0 Å². The summed E-state index contributed by atoms with van der Waals surface area (Å²) < 4.78 is 0. The van der Waals surface area contributed by atoms with Gasteiger partial charge in [-0.1, -0.05) is 12.5 Å². The van der Waals surface area contributed by atoms with E-state index in [4.69, 9.17) is 0 Å². The van der Waals surface area contributed by atoms with Crippen LogP contribution < -0.4 is 0 Å². The zero-order valence-electron chi connectivity index (χ0n) is 13.0. The molecule has 122 valence electrons. The summed E-state index contributed by atoms with van der Waals surface area (Å²) in [5, 5.41) is 10.8. The Morgan fingerprint density at radius 1 is 1.12 bits per heavy atom. The number of aromatic nitrogens is 1. The molecule has 0 bridgehead atoms. The summed E-state index contributed by atoms with van der Waals surface area (Å²) in [5.74, 6) is -0.461. The SMILES string of the molecule is O=C1CCCC[C@]1(C(=O)c1ccc([N+](=O)[O-])cc1)c1ccccn1. The lowest BCUT2D eigenvalue weighted by molar-refractivity contribution is -0.384. The molecule has 0 saturated heterocycles. The number of rotatable bonds is 4. The molecule has 6 heteroatoms. The van der Waals surface area contributed by atoms with E-state index in [-0.39, 0.29) is 17.3 Å². The minimum Gasteiger partial charge on any atom is -0.298 e. The van der Waals surface area contributed by atoms with Crippen LogP contribution in [0.5, 0.6) is 0 Å². The fourth-order valence-corrected chi connectivity index (χ4v) is 3.25. The fraction of sp³-hybridized carbons (Fsp3) is 0.278. The molecule has 1 aromatic carbocycles. The molecule has 2 aromatic rings. The van der Waals surface area contributed by atoms with Crippen molar-refractivity contribution >= 4 is 17.3 Å². The highest BCUT2D eigenvalue weighted by Gasteiger charge is 2.49. The average molecular weight is 324 g/mol. The number of carbonyl (C=O) groups excluding carboxylic acids is 2. The van der Waals surface area contributed by atoms with Crippen LogP contribution >= 0.6 is 0 Å². The van der Waals surface area contributed by atoms with Crippen LogP contribution in [0.25, 0.3) is 0 Å². The third-order valence-corrected chi connectivity index (χ3v) is 4.51. The molecule has 0 spiro atoms. The zero-order valence-corrected chi connectivity index (χ0v) is 13.0. The molecular formula is C18H16N2O4. The highest BCUT2D eigenvalue weighted by Crippen LogP contribution is 2.39. The number of nitro groups is 1. The van der Waals surface area contributed by atoms with E-state index < -0.39 is 10.3 Å². The molecule has 24 heavy (non-hydrogen) atoms. The minimum atomic E-state index is -1.28. The zero-order chi connectivity index (χ0) is 17.2. The Bertz CT molecular complexity index is 786. The standard InChI is InChI=1S/C18H16N2O4/c21-16-6-1-3-11-18(16,15-5-2-4-12-19-15)17(22)13-7-9-14(10-8-13)20(23)24/h2,4-5,7-10,12H,1,3,6,11H2/t18-/m0/s1. The van der Waals surface area contributed by atoms with Crippen molar-refractivity contribution < 1.29 is 14.5 Å². The van der Waals surface area contributed by atoms with Gasteiger partial charge in [0.1, 0.15) is 5.41 Å². The van der Waals surface area contributed by atoms with Crippen molar-refractivity contribution in [1.29, 1.82) is 0 Å². The first-order valence-electron chi connectivity index (χ1n) is 7.80. The second-order valence-corrected chi connectivity index (χ2v) is 5.88. The van der Waals surface area contributed by atoms with Crippen LogP contribution in [0.15, 0.2) is 48.7 Å². The van der Waals surface area contributed by atoms with Crippen molar-refractivity contribution in [2.75, 3.05) is 0 Å². The highest BCUT2D eigenvalue weighted by molar-refractivity contribution is 6.19. The van der Waals surface area contributed by atoms with E-state index in [1.807, 2.05) is 0 Å². The van der Waals surface area contributed by atoms with Crippen molar-refractivity contribution in [1.82, 2.24) is 4.98 Å². The molecule has 1 heterocycles.